The number of halogens is 2. The Morgan fingerprint density at radius 2 is 2.17 bits per heavy atom. The SMILES string of the molecule is CC(C)C1CNCCN1Cc1cccc(Cl)c1Cl. The van der Waals surface area contributed by atoms with Crippen LogP contribution in [-0.4, -0.2) is 30.6 Å². The van der Waals surface area contributed by atoms with Gasteiger partial charge in [0.25, 0.3) is 0 Å². The zero-order chi connectivity index (χ0) is 13.1. The van der Waals surface area contributed by atoms with Gasteiger partial charge in [0, 0.05) is 32.2 Å². The lowest BCUT2D eigenvalue weighted by molar-refractivity contribution is 0.117. The second-order valence-corrected chi connectivity index (χ2v) is 5.98. The summed E-state index contributed by atoms with van der Waals surface area (Å²) in [5, 5.41) is 4.80. The van der Waals surface area contributed by atoms with Crippen molar-refractivity contribution in [3.05, 3.63) is 33.8 Å². The Hall–Kier alpha value is -0.280. The highest BCUT2D eigenvalue weighted by Gasteiger charge is 2.25. The minimum absolute atomic E-state index is 0.564. The molecule has 0 amide bonds. The van der Waals surface area contributed by atoms with Gasteiger partial charge < -0.3 is 5.32 Å². The first-order chi connectivity index (χ1) is 8.59. The second-order valence-electron chi connectivity index (χ2n) is 5.20. The predicted octanol–water partition coefficient (Wildman–Crippen LogP) is 3.42. The van der Waals surface area contributed by atoms with E-state index in [0.29, 0.717) is 22.0 Å². The largest absolute Gasteiger partial charge is 0.314 e. The molecular formula is C14H20Cl2N2. The van der Waals surface area contributed by atoms with E-state index >= 15 is 0 Å². The molecular weight excluding hydrogens is 267 g/mol. The van der Waals surface area contributed by atoms with Crippen molar-refractivity contribution in [2.45, 2.75) is 26.4 Å². The van der Waals surface area contributed by atoms with E-state index in [-0.39, 0.29) is 0 Å². The first-order valence-corrected chi connectivity index (χ1v) is 7.23. The number of hydrogen-bond acceptors (Lipinski definition) is 2. The van der Waals surface area contributed by atoms with Crippen molar-refractivity contribution in [3.63, 3.8) is 0 Å². The van der Waals surface area contributed by atoms with Gasteiger partial charge in [0.2, 0.25) is 0 Å². The van der Waals surface area contributed by atoms with Gasteiger partial charge in [0.15, 0.2) is 0 Å². The van der Waals surface area contributed by atoms with Crippen LogP contribution in [0.4, 0.5) is 0 Å². The Bertz CT molecular complexity index is 407. The van der Waals surface area contributed by atoms with Crippen molar-refractivity contribution in [2.24, 2.45) is 5.92 Å². The van der Waals surface area contributed by atoms with E-state index in [1.54, 1.807) is 0 Å². The number of nitrogens with zero attached hydrogens (tertiary/aromatic N) is 1. The molecule has 1 aliphatic heterocycles. The Labute approximate surface area is 119 Å². The van der Waals surface area contributed by atoms with Crippen LogP contribution in [0.25, 0.3) is 0 Å². The molecule has 0 saturated carbocycles. The molecule has 4 heteroatoms. The quantitative estimate of drug-likeness (QED) is 0.916. The highest BCUT2D eigenvalue weighted by molar-refractivity contribution is 6.42. The van der Waals surface area contributed by atoms with Crippen LogP contribution in [0.2, 0.25) is 10.0 Å². The maximum atomic E-state index is 6.27. The van der Waals surface area contributed by atoms with Crippen LogP contribution in [0.3, 0.4) is 0 Å². The molecule has 1 heterocycles. The molecule has 1 atom stereocenters. The van der Waals surface area contributed by atoms with Gasteiger partial charge in [-0.15, -0.1) is 0 Å². The highest BCUT2D eigenvalue weighted by atomic mass is 35.5. The number of nitrogens with one attached hydrogen (secondary N) is 1. The molecule has 18 heavy (non-hydrogen) atoms. The summed E-state index contributed by atoms with van der Waals surface area (Å²) in [6.07, 6.45) is 0. The fourth-order valence-electron chi connectivity index (χ4n) is 2.51. The Balaban J connectivity index is 2.13. The second kappa shape index (κ2) is 6.25. The van der Waals surface area contributed by atoms with E-state index in [0.717, 1.165) is 31.7 Å². The van der Waals surface area contributed by atoms with Gasteiger partial charge in [0.1, 0.15) is 0 Å². The normalized spacial score (nSPS) is 21.5. The topological polar surface area (TPSA) is 15.3 Å². The standard InChI is InChI=1S/C14H20Cl2N2/c1-10(2)13-8-17-6-7-18(13)9-11-4-3-5-12(15)14(11)16/h3-5,10,13,17H,6-9H2,1-2H3. The number of rotatable bonds is 3. The van der Waals surface area contributed by atoms with E-state index < -0.39 is 0 Å². The van der Waals surface area contributed by atoms with Crippen LogP contribution in [-0.2, 0) is 6.54 Å². The number of hydrogen-bond donors (Lipinski definition) is 1. The lowest BCUT2D eigenvalue weighted by Crippen LogP contribution is -2.52. The van der Waals surface area contributed by atoms with E-state index in [1.807, 2.05) is 12.1 Å². The predicted molar refractivity (Wildman–Crippen MR) is 78.4 cm³/mol. The van der Waals surface area contributed by atoms with Crippen LogP contribution in [0.15, 0.2) is 18.2 Å². The Morgan fingerprint density at radius 1 is 1.39 bits per heavy atom. The van der Waals surface area contributed by atoms with Gasteiger partial charge in [0.05, 0.1) is 10.0 Å². The molecule has 0 aromatic heterocycles. The third-order valence-corrected chi connectivity index (χ3v) is 4.43. The summed E-state index contributed by atoms with van der Waals surface area (Å²) in [7, 11) is 0. The van der Waals surface area contributed by atoms with Gasteiger partial charge >= 0.3 is 0 Å². The molecule has 0 aliphatic carbocycles. The van der Waals surface area contributed by atoms with Gasteiger partial charge in [-0.3, -0.25) is 4.90 Å². The Morgan fingerprint density at radius 3 is 2.89 bits per heavy atom. The molecule has 1 fully saturated rings. The molecule has 1 aromatic carbocycles. The van der Waals surface area contributed by atoms with Crippen LogP contribution in [0.5, 0.6) is 0 Å². The monoisotopic (exact) mass is 286 g/mol. The molecule has 1 unspecified atom stereocenters. The first-order valence-electron chi connectivity index (χ1n) is 6.47. The zero-order valence-electron chi connectivity index (χ0n) is 10.9. The third-order valence-electron chi connectivity index (χ3n) is 3.57. The maximum absolute atomic E-state index is 6.27. The molecule has 1 aromatic rings. The minimum atomic E-state index is 0.564. The van der Waals surface area contributed by atoms with Crippen LogP contribution >= 0.6 is 23.2 Å². The summed E-state index contributed by atoms with van der Waals surface area (Å²) in [6, 6.07) is 6.43. The number of piperazine rings is 1. The minimum Gasteiger partial charge on any atom is -0.314 e. The first kappa shape index (κ1) is 14.1. The van der Waals surface area contributed by atoms with Crippen LogP contribution in [0.1, 0.15) is 19.4 Å². The van der Waals surface area contributed by atoms with E-state index in [2.05, 4.69) is 30.1 Å². The lowest BCUT2D eigenvalue weighted by atomic mass is 10.00. The number of benzene rings is 1. The maximum Gasteiger partial charge on any atom is 0.0637 e. The molecule has 1 N–H and O–H groups in total. The van der Waals surface area contributed by atoms with Crippen LogP contribution in [0, 0.1) is 5.92 Å². The van der Waals surface area contributed by atoms with Gasteiger partial charge in [-0.2, -0.15) is 0 Å². The molecule has 0 bridgehead atoms. The molecule has 2 rings (SSSR count). The van der Waals surface area contributed by atoms with Crippen molar-refractivity contribution in [2.75, 3.05) is 19.6 Å². The molecule has 1 saturated heterocycles. The van der Waals surface area contributed by atoms with Crippen molar-refractivity contribution >= 4 is 23.2 Å². The summed E-state index contributed by atoms with van der Waals surface area (Å²) in [5.74, 6) is 0.635. The van der Waals surface area contributed by atoms with E-state index in [9.17, 15) is 0 Å². The fourth-order valence-corrected chi connectivity index (χ4v) is 2.89. The third kappa shape index (κ3) is 3.18. The van der Waals surface area contributed by atoms with Crippen LogP contribution < -0.4 is 5.32 Å². The smallest absolute Gasteiger partial charge is 0.0637 e. The van der Waals surface area contributed by atoms with Gasteiger partial charge in [-0.05, 0) is 17.5 Å². The van der Waals surface area contributed by atoms with Gasteiger partial charge in [-0.1, -0.05) is 49.2 Å². The van der Waals surface area contributed by atoms with Crippen molar-refractivity contribution in [1.82, 2.24) is 10.2 Å². The molecule has 1 aliphatic rings. The summed E-state index contributed by atoms with van der Waals surface area (Å²) in [4.78, 5) is 2.50. The molecule has 0 radical (unpaired) electrons. The van der Waals surface area contributed by atoms with E-state index in [4.69, 9.17) is 23.2 Å². The summed E-state index contributed by atoms with van der Waals surface area (Å²) in [6.45, 7) is 8.57. The van der Waals surface area contributed by atoms with Crippen molar-refractivity contribution in [1.29, 1.82) is 0 Å². The average Bonchev–Trinajstić information content (AvgIpc) is 2.35. The van der Waals surface area contributed by atoms with Crippen molar-refractivity contribution in [3.8, 4) is 0 Å². The molecule has 0 spiro atoms. The highest BCUT2D eigenvalue weighted by Crippen LogP contribution is 2.27. The van der Waals surface area contributed by atoms with E-state index in [1.165, 1.54) is 0 Å². The van der Waals surface area contributed by atoms with Gasteiger partial charge in [-0.25, -0.2) is 0 Å². The Kier molecular flexibility index (Phi) is 4.91. The average molecular weight is 287 g/mol. The summed E-state index contributed by atoms with van der Waals surface area (Å²) < 4.78 is 0. The fraction of sp³-hybridized carbons (Fsp3) is 0.571. The zero-order valence-corrected chi connectivity index (χ0v) is 12.4. The summed E-state index contributed by atoms with van der Waals surface area (Å²) in [5.41, 5.74) is 1.12. The summed E-state index contributed by atoms with van der Waals surface area (Å²) >= 11 is 12.3. The molecule has 2 nitrogen and oxygen atoms in total. The van der Waals surface area contributed by atoms with Crippen molar-refractivity contribution < 1.29 is 0 Å². The molecule has 100 valence electrons. The lowest BCUT2D eigenvalue weighted by Gasteiger charge is -2.38.